The lowest BCUT2D eigenvalue weighted by Gasteiger charge is -2.66. The van der Waals surface area contributed by atoms with E-state index in [1.807, 2.05) is 0 Å². The van der Waals surface area contributed by atoms with Gasteiger partial charge < -0.3 is 4.90 Å². The average Bonchev–Trinajstić information content (AvgIpc) is 3.55. The van der Waals surface area contributed by atoms with Gasteiger partial charge in [-0.2, -0.15) is 0 Å². The zero-order valence-electron chi connectivity index (χ0n) is 25.3. The number of hydrogen-bond acceptors (Lipinski definition) is 2. The monoisotopic (exact) mass is 572 g/mol. The van der Waals surface area contributed by atoms with E-state index in [0.717, 1.165) is 23.8 Å². The largest absolute Gasteiger partial charge is 0.369 e. The molecule has 3 atom stereocenters. The van der Waals surface area contributed by atoms with Gasteiger partial charge in [0.1, 0.15) is 0 Å². The van der Waals surface area contributed by atoms with E-state index >= 15 is 0 Å². The molecule has 3 heteroatoms. The number of rotatable bonds is 6. The average molecular weight is 573 g/mol. The Balaban J connectivity index is 0.00000276. The van der Waals surface area contributed by atoms with E-state index in [1.165, 1.54) is 115 Å². The minimum atomic E-state index is 0. The van der Waals surface area contributed by atoms with Crippen molar-refractivity contribution in [2.24, 2.45) is 28.6 Å². The Kier molecular flexibility index (Phi) is 7.95. The van der Waals surface area contributed by atoms with Crippen LogP contribution in [0.2, 0.25) is 0 Å². The summed E-state index contributed by atoms with van der Waals surface area (Å²) in [6.07, 6.45) is 22.3. The van der Waals surface area contributed by atoms with Crippen molar-refractivity contribution in [2.45, 2.75) is 108 Å². The van der Waals surface area contributed by atoms with Crippen LogP contribution in [0.4, 0.5) is 5.69 Å². The zero-order valence-corrected chi connectivity index (χ0v) is 26.1. The molecule has 1 heterocycles. The van der Waals surface area contributed by atoms with E-state index in [-0.39, 0.29) is 12.4 Å². The molecule has 2 aromatic carbocycles. The third-order valence-electron chi connectivity index (χ3n) is 13.1. The highest BCUT2D eigenvalue weighted by atomic mass is 35.5. The Labute approximate surface area is 256 Å². The van der Waals surface area contributed by atoms with Crippen molar-refractivity contribution < 1.29 is 0 Å². The van der Waals surface area contributed by atoms with Crippen molar-refractivity contribution in [3.63, 3.8) is 0 Å². The summed E-state index contributed by atoms with van der Waals surface area (Å²) in [4.78, 5) is 5.48. The van der Waals surface area contributed by atoms with Crippen molar-refractivity contribution in [3.05, 3.63) is 65.7 Å². The number of benzene rings is 2. The first-order valence-electron chi connectivity index (χ1n) is 17.3. The van der Waals surface area contributed by atoms with E-state index in [9.17, 15) is 0 Å². The Morgan fingerprint density at radius 2 is 1.24 bits per heavy atom. The van der Waals surface area contributed by atoms with Crippen LogP contribution in [0, 0.1) is 28.6 Å². The molecule has 7 aliphatic rings. The highest BCUT2D eigenvalue weighted by Crippen LogP contribution is 2.72. The van der Waals surface area contributed by atoms with Crippen LogP contribution >= 0.6 is 12.4 Å². The van der Waals surface area contributed by atoms with Gasteiger partial charge in [-0.25, -0.2) is 0 Å². The summed E-state index contributed by atoms with van der Waals surface area (Å²) >= 11 is 0. The van der Waals surface area contributed by atoms with Gasteiger partial charge in [-0.05, 0) is 116 Å². The van der Waals surface area contributed by atoms with Gasteiger partial charge in [0.2, 0.25) is 0 Å². The van der Waals surface area contributed by atoms with E-state index in [0.29, 0.717) is 16.7 Å². The second-order valence-corrected chi connectivity index (χ2v) is 15.4. The predicted octanol–water partition coefficient (Wildman–Crippen LogP) is 9.47. The van der Waals surface area contributed by atoms with Gasteiger partial charge >= 0.3 is 0 Å². The molecule has 2 aromatic rings. The van der Waals surface area contributed by atoms with Crippen LogP contribution in [0.25, 0.3) is 0 Å². The Morgan fingerprint density at radius 1 is 0.634 bits per heavy atom. The minimum absolute atomic E-state index is 0. The predicted molar refractivity (Wildman–Crippen MR) is 174 cm³/mol. The van der Waals surface area contributed by atoms with Crippen LogP contribution in [-0.4, -0.2) is 37.1 Å². The van der Waals surface area contributed by atoms with Crippen LogP contribution in [0.1, 0.15) is 113 Å². The molecule has 6 saturated carbocycles. The molecule has 9 rings (SSSR count). The van der Waals surface area contributed by atoms with Crippen molar-refractivity contribution in [2.75, 3.05) is 31.1 Å². The smallest absolute Gasteiger partial charge is 0.0367 e. The van der Waals surface area contributed by atoms with Gasteiger partial charge in [0.25, 0.3) is 0 Å². The number of anilines is 1. The fourth-order valence-electron chi connectivity index (χ4n) is 12.0. The van der Waals surface area contributed by atoms with Crippen molar-refractivity contribution in [3.8, 4) is 0 Å². The van der Waals surface area contributed by atoms with Gasteiger partial charge in [0.15, 0.2) is 0 Å². The maximum Gasteiger partial charge on any atom is 0.0367 e. The minimum Gasteiger partial charge on any atom is -0.369 e. The van der Waals surface area contributed by atoms with Crippen LogP contribution in [0.3, 0.4) is 0 Å². The molecule has 0 amide bonds. The lowest BCUT2D eigenvalue weighted by atomic mass is 9.38. The second kappa shape index (κ2) is 11.5. The highest BCUT2D eigenvalue weighted by Gasteiger charge is 2.62. The summed E-state index contributed by atoms with van der Waals surface area (Å²) in [7, 11) is 0. The summed E-state index contributed by atoms with van der Waals surface area (Å²) in [6, 6.07) is 22.7. The summed E-state index contributed by atoms with van der Waals surface area (Å²) < 4.78 is 0. The molecule has 6 aliphatic carbocycles. The normalized spacial score (nSPS) is 35.0. The first-order valence-corrected chi connectivity index (χ1v) is 17.3. The van der Waals surface area contributed by atoms with Gasteiger partial charge in [-0.1, -0.05) is 74.6 Å². The molecule has 7 fully saturated rings. The van der Waals surface area contributed by atoms with Gasteiger partial charge in [0.05, 0.1) is 0 Å². The SMILES string of the molecule is Cl.c1ccc(C(c2ccc(N3CCN(C4CCCCC4)CC3)cc2)C23CC4CC(CC(C5CCCC5)(C4)C2)C3)cc1. The lowest BCUT2D eigenvalue weighted by molar-refractivity contribution is -0.141. The molecular weight excluding hydrogens is 520 g/mol. The van der Waals surface area contributed by atoms with Gasteiger partial charge in [0, 0.05) is 43.8 Å². The summed E-state index contributed by atoms with van der Waals surface area (Å²) in [5.41, 5.74) is 5.75. The molecule has 2 nitrogen and oxygen atoms in total. The van der Waals surface area contributed by atoms with E-state index < -0.39 is 0 Å². The lowest BCUT2D eigenvalue weighted by Crippen LogP contribution is -2.56. The zero-order chi connectivity index (χ0) is 26.6. The first kappa shape index (κ1) is 28.3. The van der Waals surface area contributed by atoms with Crippen LogP contribution in [-0.2, 0) is 0 Å². The van der Waals surface area contributed by atoms with Crippen molar-refractivity contribution >= 4 is 18.1 Å². The fraction of sp³-hybridized carbons (Fsp3) is 0.684. The van der Waals surface area contributed by atoms with E-state index in [4.69, 9.17) is 0 Å². The fourth-order valence-corrected chi connectivity index (χ4v) is 12.0. The third-order valence-corrected chi connectivity index (χ3v) is 13.1. The van der Waals surface area contributed by atoms with Crippen molar-refractivity contribution in [1.29, 1.82) is 0 Å². The summed E-state index contributed by atoms with van der Waals surface area (Å²) in [5, 5.41) is 0. The molecule has 3 unspecified atom stereocenters. The molecular formula is C38H53ClN2. The second-order valence-electron chi connectivity index (χ2n) is 15.4. The Bertz CT molecular complexity index is 1130. The van der Waals surface area contributed by atoms with Crippen LogP contribution in [0.5, 0.6) is 0 Å². The molecule has 0 N–H and O–H groups in total. The molecule has 41 heavy (non-hydrogen) atoms. The van der Waals surface area contributed by atoms with Gasteiger partial charge in [-0.15, -0.1) is 12.4 Å². The van der Waals surface area contributed by atoms with Crippen LogP contribution < -0.4 is 4.90 Å². The molecule has 0 radical (unpaired) electrons. The summed E-state index contributed by atoms with van der Waals surface area (Å²) in [6.45, 7) is 4.87. The number of hydrogen-bond donors (Lipinski definition) is 0. The quantitative estimate of drug-likeness (QED) is 0.340. The molecule has 1 saturated heterocycles. The number of piperazine rings is 1. The maximum atomic E-state index is 2.81. The molecule has 4 bridgehead atoms. The highest BCUT2D eigenvalue weighted by molar-refractivity contribution is 5.85. The van der Waals surface area contributed by atoms with Crippen molar-refractivity contribution in [1.82, 2.24) is 4.90 Å². The maximum absolute atomic E-state index is 2.81. The molecule has 0 aromatic heterocycles. The van der Waals surface area contributed by atoms with E-state index in [1.54, 1.807) is 24.0 Å². The number of nitrogens with zero attached hydrogens (tertiary/aromatic N) is 2. The molecule has 222 valence electrons. The van der Waals surface area contributed by atoms with Crippen LogP contribution in [0.15, 0.2) is 54.6 Å². The summed E-state index contributed by atoms with van der Waals surface area (Å²) in [5.74, 6) is 3.53. The molecule has 1 aliphatic heterocycles. The number of halogens is 1. The third kappa shape index (κ3) is 5.18. The standard InChI is InChI=1S/C38H52N2.ClH/c1-3-9-31(10-4-1)36(38-26-29-23-30(27-38)25-37(24-29,28-38)33-11-7-8-12-33)32-15-17-35(18-16-32)40-21-19-39(20-22-40)34-13-5-2-6-14-34;/h1,3-4,9-10,15-18,29-30,33-34,36H,2,5-8,11-14,19-28H2;1H. The van der Waals surface area contributed by atoms with Gasteiger partial charge in [-0.3, -0.25) is 4.90 Å². The topological polar surface area (TPSA) is 6.48 Å². The first-order chi connectivity index (χ1) is 19.7. The Hall–Kier alpha value is -1.51. The van der Waals surface area contributed by atoms with E-state index in [2.05, 4.69) is 64.4 Å². The Morgan fingerprint density at radius 3 is 1.90 bits per heavy atom. The molecule has 0 spiro atoms.